The van der Waals surface area contributed by atoms with Gasteiger partial charge in [0.2, 0.25) is 0 Å². The first-order valence-corrected chi connectivity index (χ1v) is 4.95. The fourth-order valence-corrected chi connectivity index (χ4v) is 1.40. The van der Waals surface area contributed by atoms with Crippen molar-refractivity contribution in [1.29, 1.82) is 0 Å². The summed E-state index contributed by atoms with van der Waals surface area (Å²) in [5.74, 6) is 0. The van der Waals surface area contributed by atoms with Gasteiger partial charge in [-0.3, -0.25) is 4.98 Å². The van der Waals surface area contributed by atoms with Crippen LogP contribution >= 0.6 is 0 Å². The third-order valence-electron chi connectivity index (χ3n) is 2.28. The summed E-state index contributed by atoms with van der Waals surface area (Å²) in [5, 5.41) is 3.31. The highest BCUT2D eigenvalue weighted by molar-refractivity contribution is 5.17. The van der Waals surface area contributed by atoms with Gasteiger partial charge in [0, 0.05) is 31.2 Å². The van der Waals surface area contributed by atoms with Gasteiger partial charge in [-0.15, -0.1) is 0 Å². The zero-order valence-electron chi connectivity index (χ0n) is 8.70. The zero-order valence-corrected chi connectivity index (χ0v) is 8.70. The summed E-state index contributed by atoms with van der Waals surface area (Å²) < 4.78 is 0. The molecule has 2 aromatic rings. The van der Waals surface area contributed by atoms with E-state index in [1.807, 2.05) is 18.5 Å². The SMILES string of the molecule is Cc1cccnc1CNCc1cnc[nH]1. The number of aromatic nitrogens is 3. The van der Waals surface area contributed by atoms with Crippen LogP contribution in [0.1, 0.15) is 17.0 Å². The number of nitrogens with one attached hydrogen (secondary N) is 2. The maximum absolute atomic E-state index is 4.31. The van der Waals surface area contributed by atoms with E-state index in [9.17, 15) is 0 Å². The summed E-state index contributed by atoms with van der Waals surface area (Å²) in [6, 6.07) is 4.02. The van der Waals surface area contributed by atoms with Gasteiger partial charge < -0.3 is 10.3 Å². The van der Waals surface area contributed by atoms with Crippen molar-refractivity contribution in [3.05, 3.63) is 47.8 Å². The second kappa shape index (κ2) is 4.70. The minimum atomic E-state index is 0.783. The molecule has 0 amide bonds. The van der Waals surface area contributed by atoms with E-state index in [1.54, 1.807) is 6.33 Å². The lowest BCUT2D eigenvalue weighted by atomic mass is 10.2. The Hall–Kier alpha value is -1.68. The Morgan fingerprint density at radius 3 is 3.07 bits per heavy atom. The van der Waals surface area contributed by atoms with E-state index in [0.717, 1.165) is 24.5 Å². The smallest absolute Gasteiger partial charge is 0.0922 e. The molecular weight excluding hydrogens is 188 g/mol. The van der Waals surface area contributed by atoms with Crippen LogP contribution in [-0.2, 0) is 13.1 Å². The standard InChI is InChI=1S/C11H14N4/c1-9-3-2-4-14-11(9)7-12-5-10-6-13-8-15-10/h2-4,6,8,12H,5,7H2,1H3,(H,13,15). The van der Waals surface area contributed by atoms with Crippen molar-refractivity contribution in [1.82, 2.24) is 20.3 Å². The normalized spacial score (nSPS) is 10.5. The minimum Gasteiger partial charge on any atom is -0.347 e. The molecule has 2 rings (SSSR count). The Labute approximate surface area is 88.8 Å². The van der Waals surface area contributed by atoms with Gasteiger partial charge >= 0.3 is 0 Å². The van der Waals surface area contributed by atoms with Crippen LogP contribution < -0.4 is 5.32 Å². The first-order valence-electron chi connectivity index (χ1n) is 4.95. The van der Waals surface area contributed by atoms with Crippen LogP contribution in [0.5, 0.6) is 0 Å². The quantitative estimate of drug-likeness (QED) is 0.788. The molecule has 2 heterocycles. The van der Waals surface area contributed by atoms with E-state index in [2.05, 4.69) is 33.3 Å². The molecule has 0 spiro atoms. The second-order valence-electron chi connectivity index (χ2n) is 3.45. The number of imidazole rings is 1. The van der Waals surface area contributed by atoms with Crippen LogP contribution in [0.15, 0.2) is 30.9 Å². The zero-order chi connectivity index (χ0) is 10.5. The van der Waals surface area contributed by atoms with Crippen LogP contribution in [-0.4, -0.2) is 15.0 Å². The van der Waals surface area contributed by atoms with E-state index in [-0.39, 0.29) is 0 Å². The third kappa shape index (κ3) is 2.63. The highest BCUT2D eigenvalue weighted by atomic mass is 14.9. The van der Waals surface area contributed by atoms with Gasteiger partial charge in [0.1, 0.15) is 0 Å². The minimum absolute atomic E-state index is 0.783. The summed E-state index contributed by atoms with van der Waals surface area (Å²) >= 11 is 0. The lowest BCUT2D eigenvalue weighted by molar-refractivity contribution is 0.666. The largest absolute Gasteiger partial charge is 0.347 e. The van der Waals surface area contributed by atoms with Crippen molar-refractivity contribution in [2.75, 3.05) is 0 Å². The van der Waals surface area contributed by atoms with Gasteiger partial charge in [-0.25, -0.2) is 4.98 Å². The van der Waals surface area contributed by atoms with Crippen molar-refractivity contribution < 1.29 is 0 Å². The van der Waals surface area contributed by atoms with Crippen LogP contribution in [0, 0.1) is 6.92 Å². The maximum atomic E-state index is 4.31. The predicted octanol–water partition coefficient (Wildman–Crippen LogP) is 1.40. The molecule has 0 aliphatic heterocycles. The summed E-state index contributed by atoms with van der Waals surface area (Å²) in [7, 11) is 0. The highest BCUT2D eigenvalue weighted by Crippen LogP contribution is 2.02. The van der Waals surface area contributed by atoms with Crippen molar-refractivity contribution in [2.24, 2.45) is 0 Å². The molecule has 2 aromatic heterocycles. The molecular formula is C11H14N4. The van der Waals surface area contributed by atoms with Gasteiger partial charge in [-0.05, 0) is 18.6 Å². The Bertz CT molecular complexity index is 408. The first-order chi connectivity index (χ1) is 7.36. The average molecular weight is 202 g/mol. The molecule has 4 nitrogen and oxygen atoms in total. The Morgan fingerprint density at radius 1 is 1.40 bits per heavy atom. The van der Waals surface area contributed by atoms with Gasteiger partial charge in [-0.1, -0.05) is 6.07 Å². The molecule has 4 heteroatoms. The van der Waals surface area contributed by atoms with Crippen molar-refractivity contribution in [3.8, 4) is 0 Å². The first kappa shape index (κ1) is 9.86. The maximum Gasteiger partial charge on any atom is 0.0922 e. The van der Waals surface area contributed by atoms with Crippen LogP contribution in [0.25, 0.3) is 0 Å². The molecule has 0 atom stereocenters. The van der Waals surface area contributed by atoms with Crippen molar-refractivity contribution >= 4 is 0 Å². The fourth-order valence-electron chi connectivity index (χ4n) is 1.40. The molecule has 0 unspecified atom stereocenters. The molecule has 0 aliphatic rings. The molecule has 0 bridgehead atoms. The number of H-pyrrole nitrogens is 1. The van der Waals surface area contributed by atoms with Gasteiger partial charge in [0.05, 0.1) is 12.0 Å². The second-order valence-corrected chi connectivity index (χ2v) is 3.45. The number of nitrogens with zero attached hydrogens (tertiary/aromatic N) is 2. The van der Waals surface area contributed by atoms with E-state index in [1.165, 1.54) is 5.56 Å². The number of pyridine rings is 1. The number of rotatable bonds is 4. The van der Waals surface area contributed by atoms with Gasteiger partial charge in [0.15, 0.2) is 0 Å². The van der Waals surface area contributed by atoms with Crippen molar-refractivity contribution in [3.63, 3.8) is 0 Å². The number of aromatic amines is 1. The lowest BCUT2D eigenvalue weighted by Crippen LogP contribution is -2.14. The van der Waals surface area contributed by atoms with Crippen LogP contribution in [0.4, 0.5) is 0 Å². The topological polar surface area (TPSA) is 53.6 Å². The van der Waals surface area contributed by atoms with E-state index < -0.39 is 0 Å². The molecule has 0 saturated heterocycles. The van der Waals surface area contributed by atoms with Crippen LogP contribution in [0.3, 0.4) is 0 Å². The Balaban J connectivity index is 1.86. The van der Waals surface area contributed by atoms with Crippen LogP contribution in [0.2, 0.25) is 0 Å². The molecule has 78 valence electrons. The molecule has 0 fully saturated rings. The molecule has 0 aromatic carbocycles. The predicted molar refractivity (Wildman–Crippen MR) is 58.1 cm³/mol. The van der Waals surface area contributed by atoms with E-state index in [4.69, 9.17) is 0 Å². The lowest BCUT2D eigenvalue weighted by Gasteiger charge is -2.05. The Kier molecular flexibility index (Phi) is 3.09. The molecule has 0 saturated carbocycles. The summed E-state index contributed by atoms with van der Waals surface area (Å²) in [6.07, 6.45) is 5.32. The summed E-state index contributed by atoms with van der Waals surface area (Å²) in [5.41, 5.74) is 3.40. The number of hydrogen-bond donors (Lipinski definition) is 2. The summed E-state index contributed by atoms with van der Waals surface area (Å²) in [4.78, 5) is 11.3. The number of hydrogen-bond acceptors (Lipinski definition) is 3. The van der Waals surface area contributed by atoms with Gasteiger partial charge in [-0.2, -0.15) is 0 Å². The average Bonchev–Trinajstić information content (AvgIpc) is 2.74. The molecule has 2 N–H and O–H groups in total. The van der Waals surface area contributed by atoms with Gasteiger partial charge in [0.25, 0.3) is 0 Å². The van der Waals surface area contributed by atoms with E-state index >= 15 is 0 Å². The summed E-state index contributed by atoms with van der Waals surface area (Å²) in [6.45, 7) is 3.64. The number of aryl methyl sites for hydroxylation is 1. The van der Waals surface area contributed by atoms with E-state index in [0.29, 0.717) is 0 Å². The molecule has 0 aliphatic carbocycles. The highest BCUT2D eigenvalue weighted by Gasteiger charge is 1.98. The fraction of sp³-hybridized carbons (Fsp3) is 0.273. The molecule has 0 radical (unpaired) electrons. The Morgan fingerprint density at radius 2 is 2.33 bits per heavy atom. The molecule has 15 heavy (non-hydrogen) atoms. The monoisotopic (exact) mass is 202 g/mol. The van der Waals surface area contributed by atoms with Crippen molar-refractivity contribution in [2.45, 2.75) is 20.0 Å². The third-order valence-corrected chi connectivity index (χ3v) is 2.28.